The van der Waals surface area contributed by atoms with Crippen LogP contribution in [-0.4, -0.2) is 65.6 Å². The highest BCUT2D eigenvalue weighted by atomic mass is 32.1. The number of thiophene rings is 1. The number of nitrogens with zero attached hydrogens (tertiary/aromatic N) is 4. The first-order valence-electron chi connectivity index (χ1n) is 11.1. The second kappa shape index (κ2) is 8.95. The van der Waals surface area contributed by atoms with Gasteiger partial charge in [-0.15, -0.1) is 11.3 Å². The van der Waals surface area contributed by atoms with Gasteiger partial charge in [-0.05, 0) is 24.5 Å². The van der Waals surface area contributed by atoms with Crippen LogP contribution in [0.15, 0.2) is 29.6 Å². The molecule has 0 saturated carbocycles. The number of fused-ring (bicyclic) bond motifs is 2. The summed E-state index contributed by atoms with van der Waals surface area (Å²) in [5, 5.41) is 5.79. The quantitative estimate of drug-likeness (QED) is 0.560. The number of nitrogen functional groups attached to an aromatic ring is 1. The number of nitrogens with two attached hydrogens (primary N) is 1. The Labute approximate surface area is 195 Å². The summed E-state index contributed by atoms with van der Waals surface area (Å²) in [6.07, 6.45) is 0.704. The van der Waals surface area contributed by atoms with E-state index in [0.29, 0.717) is 67.3 Å². The molecule has 10 heteroatoms. The molecule has 1 amide bonds. The van der Waals surface area contributed by atoms with Crippen molar-refractivity contribution in [2.75, 3.05) is 43.4 Å². The lowest BCUT2D eigenvalue weighted by Gasteiger charge is -2.38. The summed E-state index contributed by atoms with van der Waals surface area (Å²) < 4.78 is 5.21. The molecule has 0 aliphatic carbocycles. The summed E-state index contributed by atoms with van der Waals surface area (Å²) in [6.45, 7) is 5.11. The Morgan fingerprint density at radius 2 is 1.94 bits per heavy atom. The number of rotatable bonds is 4. The molecule has 0 spiro atoms. The average Bonchev–Trinajstić information content (AvgIpc) is 3.27. The Kier molecular flexibility index (Phi) is 5.86. The van der Waals surface area contributed by atoms with Crippen LogP contribution in [0.2, 0.25) is 0 Å². The number of hydrogen-bond acceptors (Lipinski definition) is 9. The van der Waals surface area contributed by atoms with Crippen LogP contribution in [-0.2, 0) is 22.5 Å². The number of benzene rings is 1. The highest BCUT2D eigenvalue weighted by Crippen LogP contribution is 2.33. The van der Waals surface area contributed by atoms with Crippen molar-refractivity contribution in [3.8, 4) is 0 Å². The molecule has 2 aliphatic heterocycles. The number of ether oxygens (including phenoxy) is 1. The van der Waals surface area contributed by atoms with Gasteiger partial charge in [0.2, 0.25) is 11.9 Å². The van der Waals surface area contributed by atoms with Gasteiger partial charge in [-0.3, -0.25) is 4.79 Å². The molecule has 0 radical (unpaired) electrons. The predicted octanol–water partition coefficient (Wildman–Crippen LogP) is 1.81. The van der Waals surface area contributed by atoms with E-state index in [1.807, 2.05) is 17.0 Å². The summed E-state index contributed by atoms with van der Waals surface area (Å²) in [6, 6.07) is 8.04. The minimum atomic E-state index is -0.393. The average molecular weight is 467 g/mol. The highest BCUT2D eigenvalue weighted by molar-refractivity contribution is 7.17. The molecule has 3 aromatic rings. The zero-order valence-electron chi connectivity index (χ0n) is 18.4. The van der Waals surface area contributed by atoms with Crippen LogP contribution in [0.5, 0.6) is 0 Å². The molecule has 2 aromatic heterocycles. The Hall–Kier alpha value is -3.24. The van der Waals surface area contributed by atoms with Crippen molar-refractivity contribution in [1.82, 2.24) is 20.2 Å². The molecule has 33 heavy (non-hydrogen) atoms. The second-order valence-electron chi connectivity index (χ2n) is 8.17. The number of aromatic nitrogens is 2. The highest BCUT2D eigenvalue weighted by Gasteiger charge is 2.31. The Morgan fingerprint density at radius 3 is 2.70 bits per heavy atom. The molecule has 172 valence electrons. The molecule has 4 heterocycles. The smallest absolute Gasteiger partial charge is 0.339 e. The number of amides is 1. The van der Waals surface area contributed by atoms with Gasteiger partial charge in [0.15, 0.2) is 0 Å². The molecule has 5 rings (SSSR count). The van der Waals surface area contributed by atoms with Gasteiger partial charge in [-0.2, -0.15) is 4.98 Å². The van der Waals surface area contributed by atoms with Crippen LogP contribution >= 0.6 is 11.3 Å². The molecular weight excluding hydrogens is 440 g/mol. The third-order valence-electron chi connectivity index (χ3n) is 6.20. The van der Waals surface area contributed by atoms with Crippen molar-refractivity contribution in [3.63, 3.8) is 0 Å². The monoisotopic (exact) mass is 466 g/mol. The van der Waals surface area contributed by atoms with E-state index in [0.717, 1.165) is 0 Å². The van der Waals surface area contributed by atoms with E-state index in [1.54, 1.807) is 12.3 Å². The van der Waals surface area contributed by atoms with Gasteiger partial charge in [0.1, 0.15) is 10.6 Å². The van der Waals surface area contributed by atoms with E-state index in [9.17, 15) is 9.59 Å². The fraction of sp³-hybridized carbons (Fsp3) is 0.391. The second-order valence-corrected chi connectivity index (χ2v) is 9.03. The molecule has 9 nitrogen and oxygen atoms in total. The first-order valence-corrected chi connectivity index (χ1v) is 12.0. The third kappa shape index (κ3) is 4.11. The van der Waals surface area contributed by atoms with Crippen molar-refractivity contribution < 1.29 is 14.3 Å². The van der Waals surface area contributed by atoms with Crippen LogP contribution in [0, 0.1) is 0 Å². The first-order chi connectivity index (χ1) is 16.0. The number of anilines is 2. The summed E-state index contributed by atoms with van der Waals surface area (Å²) >= 11 is 1.35. The number of carbonyl (C=O) groups is 2. The van der Waals surface area contributed by atoms with E-state index in [4.69, 9.17) is 10.5 Å². The van der Waals surface area contributed by atoms with Crippen LogP contribution < -0.4 is 16.0 Å². The van der Waals surface area contributed by atoms with Crippen molar-refractivity contribution in [2.45, 2.75) is 25.9 Å². The summed E-state index contributed by atoms with van der Waals surface area (Å²) in [4.78, 5) is 39.0. The van der Waals surface area contributed by atoms with Crippen LogP contribution in [0.3, 0.4) is 0 Å². The number of piperazine rings is 1. The van der Waals surface area contributed by atoms with E-state index in [-0.39, 0.29) is 17.9 Å². The minimum Gasteiger partial charge on any atom is -0.462 e. The summed E-state index contributed by atoms with van der Waals surface area (Å²) in [5.74, 6) is 0.520. The molecule has 1 aromatic carbocycles. The Balaban J connectivity index is 1.32. The number of nitrogens with one attached hydrogen (secondary N) is 1. The normalized spacial score (nSPS) is 18.3. The lowest BCUT2D eigenvalue weighted by molar-refractivity contribution is -0.134. The minimum absolute atomic E-state index is 0.124. The maximum absolute atomic E-state index is 13.2. The predicted molar refractivity (Wildman–Crippen MR) is 127 cm³/mol. The van der Waals surface area contributed by atoms with E-state index in [2.05, 4.69) is 32.3 Å². The van der Waals surface area contributed by atoms with Crippen LogP contribution in [0.4, 0.5) is 11.8 Å². The van der Waals surface area contributed by atoms with Crippen molar-refractivity contribution in [3.05, 3.63) is 46.3 Å². The molecule has 0 bridgehead atoms. The van der Waals surface area contributed by atoms with Crippen molar-refractivity contribution >= 4 is 45.2 Å². The zero-order valence-corrected chi connectivity index (χ0v) is 19.2. The summed E-state index contributed by atoms with van der Waals surface area (Å²) in [7, 11) is 0. The molecule has 1 saturated heterocycles. The lowest BCUT2D eigenvalue weighted by Crippen LogP contribution is -2.55. The third-order valence-corrected chi connectivity index (χ3v) is 7.07. The van der Waals surface area contributed by atoms with Crippen LogP contribution in [0.1, 0.15) is 28.4 Å². The fourth-order valence-corrected chi connectivity index (χ4v) is 5.42. The number of carbonyl (C=O) groups excluding carboxylic acids is 2. The van der Waals surface area contributed by atoms with Crippen molar-refractivity contribution in [2.24, 2.45) is 0 Å². The number of esters is 1. The van der Waals surface area contributed by atoms with E-state index >= 15 is 0 Å². The van der Waals surface area contributed by atoms with Crippen molar-refractivity contribution in [1.29, 1.82) is 0 Å². The number of hydrogen-bond donors (Lipinski definition) is 2. The largest absolute Gasteiger partial charge is 0.462 e. The Morgan fingerprint density at radius 1 is 1.18 bits per heavy atom. The van der Waals surface area contributed by atoms with Gasteiger partial charge in [0.05, 0.1) is 23.6 Å². The molecule has 0 unspecified atom stereocenters. The molecular formula is C23H26N6O3S. The fourth-order valence-electron chi connectivity index (χ4n) is 4.52. The Bertz CT molecular complexity index is 1200. The lowest BCUT2D eigenvalue weighted by atomic mass is 9.95. The van der Waals surface area contributed by atoms with E-state index < -0.39 is 5.97 Å². The molecule has 1 fully saturated rings. The van der Waals surface area contributed by atoms with Crippen LogP contribution in [0.25, 0.3) is 10.2 Å². The van der Waals surface area contributed by atoms with Gasteiger partial charge in [-0.25, -0.2) is 9.78 Å². The van der Waals surface area contributed by atoms with Gasteiger partial charge < -0.3 is 25.6 Å². The van der Waals surface area contributed by atoms with Gasteiger partial charge >= 0.3 is 5.97 Å². The van der Waals surface area contributed by atoms with Gasteiger partial charge in [0, 0.05) is 38.1 Å². The van der Waals surface area contributed by atoms with Gasteiger partial charge in [0.25, 0.3) is 0 Å². The SMILES string of the molecule is CCOC(=O)c1csc2nc(N)nc(N3CCN(C(=O)[C@@H]4Cc5ccccc5CN4)CC3)c12. The first kappa shape index (κ1) is 21.6. The van der Waals surface area contributed by atoms with E-state index in [1.165, 1.54) is 22.5 Å². The standard InChI is InChI=1S/C23H26N6O3S/c1-2-32-22(31)16-13-33-20-18(16)19(26-23(24)27-20)28-7-9-29(10-8-28)21(30)17-11-14-5-3-4-6-15(14)12-25-17/h3-6,13,17,25H,2,7-12H2,1H3,(H2,24,26,27)/t17-/m0/s1. The molecule has 1 atom stereocenters. The summed E-state index contributed by atoms with van der Waals surface area (Å²) in [5.41, 5.74) is 8.90. The maximum Gasteiger partial charge on any atom is 0.339 e. The maximum atomic E-state index is 13.2. The topological polar surface area (TPSA) is 114 Å². The zero-order chi connectivity index (χ0) is 22.9. The van der Waals surface area contributed by atoms with Gasteiger partial charge in [-0.1, -0.05) is 24.3 Å². The molecule has 3 N–H and O–H groups in total. The molecule has 2 aliphatic rings.